The van der Waals surface area contributed by atoms with Gasteiger partial charge in [-0.05, 0) is 72.9 Å². The molecule has 2 saturated heterocycles. The van der Waals surface area contributed by atoms with Crippen LogP contribution in [0.15, 0.2) is 18.2 Å². The molecule has 0 aliphatic carbocycles. The van der Waals surface area contributed by atoms with Gasteiger partial charge in [-0.3, -0.25) is 4.79 Å². The summed E-state index contributed by atoms with van der Waals surface area (Å²) in [6.07, 6.45) is 1.05. The second-order valence-electron chi connectivity index (χ2n) is 10.9. The molecule has 0 bridgehead atoms. The number of alkyl carbamates (subject to hydrolysis) is 1. The lowest BCUT2D eigenvalue weighted by atomic mass is 9.77. The molecule has 1 aromatic carbocycles. The molecule has 2 fully saturated rings. The van der Waals surface area contributed by atoms with Crippen molar-refractivity contribution in [1.82, 2.24) is 10.2 Å². The van der Waals surface area contributed by atoms with Crippen molar-refractivity contribution < 1.29 is 28.0 Å². The van der Waals surface area contributed by atoms with Crippen LogP contribution in [0.5, 0.6) is 0 Å². The fourth-order valence-corrected chi connectivity index (χ4v) is 3.89. The van der Waals surface area contributed by atoms with Crippen molar-refractivity contribution in [3.05, 3.63) is 29.6 Å². The van der Waals surface area contributed by atoms with Crippen LogP contribution in [-0.2, 0) is 25.3 Å². The van der Waals surface area contributed by atoms with Crippen LogP contribution in [0.25, 0.3) is 0 Å². The van der Waals surface area contributed by atoms with Gasteiger partial charge in [0.1, 0.15) is 11.4 Å². The van der Waals surface area contributed by atoms with Gasteiger partial charge in [-0.15, -0.1) is 0 Å². The molecule has 0 saturated carbocycles. The van der Waals surface area contributed by atoms with Gasteiger partial charge < -0.3 is 24.3 Å². The Labute approximate surface area is 196 Å². The van der Waals surface area contributed by atoms with Crippen molar-refractivity contribution in [2.45, 2.75) is 90.6 Å². The van der Waals surface area contributed by atoms with Gasteiger partial charge in [0.15, 0.2) is 0 Å². The standard InChI is InChI=1S/C24H36BFN2O5/c1-22(2,3)31-21(30)27-17-10-12-28(13-11-17)20(29)15-16-8-9-19(26)18(14-16)25-32-23(4,5)24(6,7)33-25/h8-9,14,17H,10-13,15H2,1-7H3,(H,27,30). The smallest absolute Gasteiger partial charge is 0.444 e. The maximum absolute atomic E-state index is 14.6. The molecule has 2 amide bonds. The Morgan fingerprint density at radius 3 is 2.27 bits per heavy atom. The molecule has 2 aliphatic heterocycles. The Hall–Kier alpha value is -2.13. The molecule has 0 spiro atoms. The van der Waals surface area contributed by atoms with Gasteiger partial charge in [-0.2, -0.15) is 0 Å². The third-order valence-electron chi connectivity index (χ3n) is 6.49. The molecule has 3 rings (SSSR count). The third-order valence-corrected chi connectivity index (χ3v) is 6.49. The van der Waals surface area contributed by atoms with E-state index in [0.29, 0.717) is 37.0 Å². The lowest BCUT2D eigenvalue weighted by molar-refractivity contribution is -0.131. The van der Waals surface area contributed by atoms with Gasteiger partial charge in [0.2, 0.25) is 5.91 Å². The monoisotopic (exact) mass is 462 g/mol. The van der Waals surface area contributed by atoms with Crippen LogP contribution < -0.4 is 10.8 Å². The summed E-state index contributed by atoms with van der Waals surface area (Å²) < 4.78 is 31.8. The highest BCUT2D eigenvalue weighted by molar-refractivity contribution is 6.62. The lowest BCUT2D eigenvalue weighted by Gasteiger charge is -2.33. The normalized spacial score (nSPS) is 20.6. The number of nitrogens with one attached hydrogen (secondary N) is 1. The number of hydrogen-bond donors (Lipinski definition) is 1. The molecular formula is C24H36BFN2O5. The van der Waals surface area contributed by atoms with E-state index in [9.17, 15) is 14.0 Å². The number of amides is 2. The van der Waals surface area contributed by atoms with Crippen LogP contribution in [-0.4, -0.2) is 60.0 Å². The SMILES string of the molecule is CC(C)(C)OC(=O)NC1CCN(C(=O)Cc2ccc(F)c(B3OC(C)(C)C(C)(C)O3)c2)CC1. The molecule has 33 heavy (non-hydrogen) atoms. The molecule has 0 unspecified atom stereocenters. The summed E-state index contributed by atoms with van der Waals surface area (Å²) in [7, 11) is -0.820. The van der Waals surface area contributed by atoms with Crippen LogP contribution >= 0.6 is 0 Å². The predicted octanol–water partition coefficient (Wildman–Crippen LogP) is 3.18. The topological polar surface area (TPSA) is 77.1 Å². The third kappa shape index (κ3) is 6.26. The summed E-state index contributed by atoms with van der Waals surface area (Å²) in [6.45, 7) is 14.2. The maximum Gasteiger partial charge on any atom is 0.497 e. The summed E-state index contributed by atoms with van der Waals surface area (Å²) in [4.78, 5) is 26.6. The van der Waals surface area contributed by atoms with Crippen molar-refractivity contribution in [3.63, 3.8) is 0 Å². The van der Waals surface area contributed by atoms with E-state index in [-0.39, 0.29) is 18.4 Å². The minimum atomic E-state index is -0.820. The van der Waals surface area contributed by atoms with E-state index < -0.39 is 35.8 Å². The first-order chi connectivity index (χ1) is 15.2. The van der Waals surface area contributed by atoms with Gasteiger partial charge in [0.25, 0.3) is 0 Å². The number of nitrogens with zero attached hydrogens (tertiary/aromatic N) is 1. The van der Waals surface area contributed by atoms with Crippen LogP contribution in [0.4, 0.5) is 9.18 Å². The van der Waals surface area contributed by atoms with Crippen molar-refractivity contribution in [2.24, 2.45) is 0 Å². The van der Waals surface area contributed by atoms with E-state index >= 15 is 0 Å². The largest absolute Gasteiger partial charge is 0.497 e. The molecule has 0 atom stereocenters. The molecular weight excluding hydrogens is 426 g/mol. The first kappa shape index (κ1) is 25.5. The van der Waals surface area contributed by atoms with Gasteiger partial charge in [0.05, 0.1) is 17.6 Å². The van der Waals surface area contributed by atoms with Gasteiger partial charge in [-0.1, -0.05) is 12.1 Å². The number of benzene rings is 1. The van der Waals surface area contributed by atoms with Gasteiger partial charge >= 0.3 is 13.2 Å². The highest BCUT2D eigenvalue weighted by atomic mass is 19.1. The van der Waals surface area contributed by atoms with Crippen LogP contribution in [0.3, 0.4) is 0 Å². The van der Waals surface area contributed by atoms with E-state index in [4.69, 9.17) is 14.0 Å². The maximum atomic E-state index is 14.6. The summed E-state index contributed by atoms with van der Waals surface area (Å²) >= 11 is 0. The second-order valence-corrected chi connectivity index (χ2v) is 10.9. The lowest BCUT2D eigenvalue weighted by Crippen LogP contribution is -2.48. The minimum Gasteiger partial charge on any atom is -0.444 e. The summed E-state index contributed by atoms with van der Waals surface area (Å²) in [5.41, 5.74) is -0.685. The Bertz CT molecular complexity index is 875. The van der Waals surface area contributed by atoms with Crippen molar-refractivity contribution in [2.75, 3.05) is 13.1 Å². The van der Waals surface area contributed by atoms with E-state index in [2.05, 4.69) is 5.32 Å². The highest BCUT2D eigenvalue weighted by Crippen LogP contribution is 2.36. The first-order valence-electron chi connectivity index (χ1n) is 11.6. The second kappa shape index (κ2) is 9.26. The Morgan fingerprint density at radius 1 is 1.15 bits per heavy atom. The molecule has 0 aromatic heterocycles. The van der Waals surface area contributed by atoms with Crippen molar-refractivity contribution in [3.8, 4) is 0 Å². The minimum absolute atomic E-state index is 0.0234. The molecule has 0 radical (unpaired) electrons. The molecule has 2 aliphatic rings. The fraction of sp³-hybridized carbons (Fsp3) is 0.667. The van der Waals surface area contributed by atoms with Crippen LogP contribution in [0.2, 0.25) is 0 Å². The quantitative estimate of drug-likeness (QED) is 0.696. The average molecular weight is 462 g/mol. The van der Waals surface area contributed by atoms with E-state index in [1.54, 1.807) is 17.0 Å². The number of carbonyl (C=O) groups is 2. The number of carbonyl (C=O) groups excluding carboxylic acids is 2. The molecule has 2 heterocycles. The Kier molecular flexibility index (Phi) is 7.15. The number of hydrogen-bond acceptors (Lipinski definition) is 5. The molecule has 7 nitrogen and oxygen atoms in total. The first-order valence-corrected chi connectivity index (χ1v) is 11.6. The Morgan fingerprint density at radius 2 is 1.73 bits per heavy atom. The molecule has 9 heteroatoms. The zero-order valence-corrected chi connectivity index (χ0v) is 20.8. The molecule has 1 N–H and O–H groups in total. The van der Waals surface area contributed by atoms with Gasteiger partial charge in [-0.25, -0.2) is 9.18 Å². The van der Waals surface area contributed by atoms with E-state index in [1.165, 1.54) is 6.07 Å². The van der Waals surface area contributed by atoms with Crippen LogP contribution in [0.1, 0.15) is 66.9 Å². The number of ether oxygens (including phenoxy) is 1. The summed E-state index contributed by atoms with van der Waals surface area (Å²) in [5.74, 6) is -0.448. The number of rotatable bonds is 4. The molecule has 1 aromatic rings. The van der Waals surface area contributed by atoms with Crippen molar-refractivity contribution in [1.29, 1.82) is 0 Å². The summed E-state index contributed by atoms with van der Waals surface area (Å²) in [6, 6.07) is 4.62. The number of halogens is 1. The van der Waals surface area contributed by atoms with Crippen LogP contribution in [0, 0.1) is 5.82 Å². The number of likely N-dealkylation sites (tertiary alicyclic amines) is 1. The van der Waals surface area contributed by atoms with E-state index in [0.717, 1.165) is 0 Å². The average Bonchev–Trinajstić information content (AvgIpc) is 2.89. The highest BCUT2D eigenvalue weighted by Gasteiger charge is 2.52. The fourth-order valence-electron chi connectivity index (χ4n) is 3.89. The van der Waals surface area contributed by atoms with Gasteiger partial charge in [0, 0.05) is 24.6 Å². The molecule has 182 valence electrons. The predicted molar refractivity (Wildman–Crippen MR) is 125 cm³/mol. The zero-order valence-electron chi connectivity index (χ0n) is 20.8. The summed E-state index contributed by atoms with van der Waals surface area (Å²) in [5, 5.41) is 2.87. The Balaban J connectivity index is 1.56. The van der Waals surface area contributed by atoms with Crippen molar-refractivity contribution >= 4 is 24.6 Å². The zero-order chi connectivity index (χ0) is 24.6. The number of piperidine rings is 1. The van der Waals surface area contributed by atoms with E-state index in [1.807, 2.05) is 48.5 Å².